The Morgan fingerprint density at radius 2 is 2.11 bits per heavy atom. The Balaban J connectivity index is 2.04. The van der Waals surface area contributed by atoms with Crippen LogP contribution in [0, 0.1) is 6.92 Å². The van der Waals surface area contributed by atoms with Gasteiger partial charge in [0.1, 0.15) is 24.2 Å². The van der Waals surface area contributed by atoms with Gasteiger partial charge in [0.25, 0.3) is 0 Å². The van der Waals surface area contributed by atoms with E-state index in [-0.39, 0.29) is 12.1 Å². The normalized spacial score (nSPS) is 31.2. The van der Waals surface area contributed by atoms with Gasteiger partial charge in [0.05, 0.1) is 17.8 Å². The summed E-state index contributed by atoms with van der Waals surface area (Å²) >= 11 is 0. The predicted octanol–water partition coefficient (Wildman–Crippen LogP) is 0.421. The zero-order valence-electron chi connectivity index (χ0n) is 10.9. The van der Waals surface area contributed by atoms with E-state index in [4.69, 9.17) is 4.74 Å². The first-order valence-electron chi connectivity index (χ1n) is 6.30. The first kappa shape index (κ1) is 12.5. The highest BCUT2D eigenvalue weighted by molar-refractivity contribution is 5.78. The van der Waals surface area contributed by atoms with Crippen molar-refractivity contribution in [2.24, 2.45) is 0 Å². The van der Waals surface area contributed by atoms with E-state index in [1.54, 1.807) is 7.11 Å². The number of fused-ring (bicyclic) bond motifs is 1. The second kappa shape index (κ2) is 4.56. The number of aryl methyl sites for hydroxylation is 1. The van der Waals surface area contributed by atoms with Gasteiger partial charge in [0.2, 0.25) is 0 Å². The molecule has 2 aromatic heterocycles. The average Bonchev–Trinajstić information content (AvgIpc) is 2.94. The van der Waals surface area contributed by atoms with Crippen LogP contribution < -0.4 is 0 Å². The maximum Gasteiger partial charge on any atom is 0.143 e. The fourth-order valence-electron chi connectivity index (χ4n) is 2.84. The van der Waals surface area contributed by atoms with Gasteiger partial charge in [0, 0.05) is 18.7 Å². The number of nitrogens with zero attached hydrogens (tertiary/aromatic N) is 3. The molecule has 4 atom stereocenters. The summed E-state index contributed by atoms with van der Waals surface area (Å²) in [5.41, 5.74) is 1.68. The van der Waals surface area contributed by atoms with E-state index in [0.29, 0.717) is 6.42 Å². The van der Waals surface area contributed by atoms with Crippen molar-refractivity contribution in [3.63, 3.8) is 0 Å². The number of hydrogen-bond donors (Lipinski definition) is 2. The lowest BCUT2D eigenvalue weighted by atomic mass is 10.2. The standard InChI is InChI=1S/C13H17N3O3/c1-7-8-3-4-16(13(8)15-6-14-7)9-5-10(19-2)12(18)11(9)17/h3-4,6,9-12,17-18H,5H2,1-2H3/t9-,10+,11-,12+/m0/s1. The molecular formula is C13H17N3O3. The van der Waals surface area contributed by atoms with E-state index >= 15 is 0 Å². The van der Waals surface area contributed by atoms with Crippen molar-refractivity contribution >= 4 is 11.0 Å². The van der Waals surface area contributed by atoms with Crippen molar-refractivity contribution in [2.45, 2.75) is 37.7 Å². The van der Waals surface area contributed by atoms with E-state index in [1.807, 2.05) is 23.8 Å². The number of aliphatic hydroxyl groups is 2. The van der Waals surface area contributed by atoms with Gasteiger partial charge in [-0.2, -0.15) is 0 Å². The topological polar surface area (TPSA) is 80.4 Å². The van der Waals surface area contributed by atoms with Gasteiger partial charge in [-0.1, -0.05) is 0 Å². The van der Waals surface area contributed by atoms with Crippen molar-refractivity contribution in [2.75, 3.05) is 7.11 Å². The molecule has 0 unspecified atom stereocenters. The zero-order chi connectivity index (χ0) is 13.6. The predicted molar refractivity (Wildman–Crippen MR) is 68.7 cm³/mol. The number of aliphatic hydroxyl groups excluding tert-OH is 2. The molecule has 1 aliphatic rings. The Kier molecular flexibility index (Phi) is 3.00. The van der Waals surface area contributed by atoms with Crippen LogP contribution in [0.3, 0.4) is 0 Å². The molecule has 0 aliphatic heterocycles. The number of ether oxygens (including phenoxy) is 1. The molecule has 0 amide bonds. The Hall–Kier alpha value is -1.50. The molecule has 0 saturated heterocycles. The Morgan fingerprint density at radius 3 is 2.79 bits per heavy atom. The molecule has 19 heavy (non-hydrogen) atoms. The average molecular weight is 263 g/mol. The summed E-state index contributed by atoms with van der Waals surface area (Å²) in [6.07, 6.45) is 1.89. The Bertz CT molecular complexity index is 598. The number of aromatic nitrogens is 3. The second-order valence-electron chi connectivity index (χ2n) is 4.98. The molecule has 1 aliphatic carbocycles. The molecule has 0 bridgehead atoms. The lowest BCUT2D eigenvalue weighted by Crippen LogP contribution is -2.32. The Labute approximate surface area is 110 Å². The van der Waals surface area contributed by atoms with Crippen molar-refractivity contribution in [3.05, 3.63) is 24.3 Å². The smallest absolute Gasteiger partial charge is 0.143 e. The summed E-state index contributed by atoms with van der Waals surface area (Å²) in [5, 5.41) is 21.1. The summed E-state index contributed by atoms with van der Waals surface area (Å²) in [4.78, 5) is 8.43. The van der Waals surface area contributed by atoms with Gasteiger partial charge in [0.15, 0.2) is 0 Å². The highest BCUT2D eigenvalue weighted by Gasteiger charge is 2.43. The molecule has 2 aromatic rings. The first-order valence-corrected chi connectivity index (χ1v) is 6.30. The van der Waals surface area contributed by atoms with Gasteiger partial charge in [-0.05, 0) is 19.4 Å². The van der Waals surface area contributed by atoms with Gasteiger partial charge in [-0.25, -0.2) is 9.97 Å². The minimum absolute atomic E-state index is 0.230. The summed E-state index contributed by atoms with van der Waals surface area (Å²) < 4.78 is 7.10. The van der Waals surface area contributed by atoms with E-state index in [1.165, 1.54) is 6.33 Å². The monoisotopic (exact) mass is 263 g/mol. The third-order valence-electron chi connectivity index (χ3n) is 3.97. The molecule has 0 aromatic carbocycles. The second-order valence-corrected chi connectivity index (χ2v) is 4.98. The van der Waals surface area contributed by atoms with Crippen molar-refractivity contribution in [3.8, 4) is 0 Å². The molecule has 3 rings (SSSR count). The van der Waals surface area contributed by atoms with Gasteiger partial charge < -0.3 is 19.5 Å². The van der Waals surface area contributed by atoms with Crippen molar-refractivity contribution < 1.29 is 14.9 Å². The SMILES string of the molecule is CO[C@@H]1C[C@H](n2ccc3c(C)ncnc32)[C@H](O)[C@@H]1O. The van der Waals surface area contributed by atoms with Gasteiger partial charge >= 0.3 is 0 Å². The molecule has 1 fully saturated rings. The fraction of sp³-hybridized carbons (Fsp3) is 0.538. The molecule has 6 heteroatoms. The quantitative estimate of drug-likeness (QED) is 0.821. The molecule has 6 nitrogen and oxygen atoms in total. The highest BCUT2D eigenvalue weighted by atomic mass is 16.5. The van der Waals surface area contributed by atoms with Crippen LogP contribution in [-0.2, 0) is 4.74 Å². The van der Waals surface area contributed by atoms with Crippen molar-refractivity contribution in [1.29, 1.82) is 0 Å². The molecule has 0 spiro atoms. The summed E-state index contributed by atoms with van der Waals surface area (Å²) in [7, 11) is 1.54. The molecule has 1 saturated carbocycles. The van der Waals surface area contributed by atoms with Crippen molar-refractivity contribution in [1.82, 2.24) is 14.5 Å². The van der Waals surface area contributed by atoms with Crippen LogP contribution in [0.1, 0.15) is 18.2 Å². The highest BCUT2D eigenvalue weighted by Crippen LogP contribution is 2.34. The van der Waals surface area contributed by atoms with Crippen LogP contribution in [0.4, 0.5) is 0 Å². The minimum Gasteiger partial charge on any atom is -0.388 e. The summed E-state index contributed by atoms with van der Waals surface area (Å²) in [6, 6.07) is 1.70. The maximum absolute atomic E-state index is 10.2. The molecule has 102 valence electrons. The molecule has 2 N–H and O–H groups in total. The zero-order valence-corrected chi connectivity index (χ0v) is 10.9. The van der Waals surface area contributed by atoms with Crippen LogP contribution in [-0.4, -0.2) is 50.2 Å². The Morgan fingerprint density at radius 1 is 1.32 bits per heavy atom. The van der Waals surface area contributed by atoms with E-state index in [2.05, 4.69) is 9.97 Å². The fourth-order valence-corrected chi connectivity index (χ4v) is 2.84. The number of hydrogen-bond acceptors (Lipinski definition) is 5. The van der Waals surface area contributed by atoms with E-state index in [0.717, 1.165) is 16.7 Å². The third-order valence-corrected chi connectivity index (χ3v) is 3.97. The minimum atomic E-state index is -0.865. The summed E-state index contributed by atoms with van der Waals surface area (Å²) in [5.74, 6) is 0. The lowest BCUT2D eigenvalue weighted by Gasteiger charge is -2.18. The van der Waals surface area contributed by atoms with E-state index < -0.39 is 12.2 Å². The number of methoxy groups -OCH3 is 1. The maximum atomic E-state index is 10.2. The van der Waals surface area contributed by atoms with Crippen LogP contribution in [0.2, 0.25) is 0 Å². The van der Waals surface area contributed by atoms with Crippen LogP contribution in [0.15, 0.2) is 18.6 Å². The molecular weight excluding hydrogens is 246 g/mol. The number of rotatable bonds is 2. The largest absolute Gasteiger partial charge is 0.388 e. The van der Waals surface area contributed by atoms with Crippen LogP contribution in [0.25, 0.3) is 11.0 Å². The summed E-state index contributed by atoms with van der Waals surface area (Å²) in [6.45, 7) is 1.92. The lowest BCUT2D eigenvalue weighted by molar-refractivity contribution is -0.0404. The van der Waals surface area contributed by atoms with Gasteiger partial charge in [-0.3, -0.25) is 0 Å². The molecule has 2 heterocycles. The van der Waals surface area contributed by atoms with Gasteiger partial charge in [-0.15, -0.1) is 0 Å². The van der Waals surface area contributed by atoms with Crippen LogP contribution in [0.5, 0.6) is 0 Å². The molecule has 0 radical (unpaired) electrons. The third kappa shape index (κ3) is 1.83. The van der Waals surface area contributed by atoms with E-state index in [9.17, 15) is 10.2 Å². The van der Waals surface area contributed by atoms with Crippen LogP contribution >= 0.6 is 0 Å². The first-order chi connectivity index (χ1) is 9.13.